The number of hydrogen-bond donors (Lipinski definition) is 1. The summed E-state index contributed by atoms with van der Waals surface area (Å²) < 4.78 is 0. The second kappa shape index (κ2) is 5.44. The molecule has 126 valence electrons. The van der Waals surface area contributed by atoms with E-state index < -0.39 is 4.92 Å². The van der Waals surface area contributed by atoms with Crippen molar-refractivity contribution in [1.29, 1.82) is 0 Å². The molecule has 0 atom stereocenters. The number of non-ortho nitro benzene ring substituents is 1. The van der Waals surface area contributed by atoms with Crippen LogP contribution in [-0.4, -0.2) is 22.4 Å². The van der Waals surface area contributed by atoms with Crippen LogP contribution < -0.4 is 4.90 Å². The predicted molar refractivity (Wildman–Crippen MR) is 96.2 cm³/mol. The number of nitro benzene ring substituents is 1. The molecule has 0 bridgehead atoms. The van der Waals surface area contributed by atoms with Crippen LogP contribution in [0.5, 0.6) is 0 Å². The van der Waals surface area contributed by atoms with E-state index in [9.17, 15) is 14.9 Å². The zero-order valence-corrected chi connectivity index (χ0v) is 14.0. The molecule has 2 aromatic carbocycles. The molecule has 6 heteroatoms. The highest BCUT2D eigenvalue weighted by Gasteiger charge is 2.28. The maximum Gasteiger partial charge on any atom is 0.274 e. The average Bonchev–Trinajstić information content (AvgIpc) is 3.17. The van der Waals surface area contributed by atoms with E-state index in [0.717, 1.165) is 27.6 Å². The molecular formula is C19H17N3O3. The summed E-state index contributed by atoms with van der Waals surface area (Å²) in [5.74, 6) is -0.160. The highest BCUT2D eigenvalue weighted by molar-refractivity contribution is 6.09. The number of hydrogen-bond acceptors (Lipinski definition) is 3. The van der Waals surface area contributed by atoms with Crippen molar-refractivity contribution in [3.8, 4) is 0 Å². The SMILES string of the molecule is Cc1cc(C)c2cc(C(=O)N3CCc4ccc([N+](=O)[O-])cc43)[nH]c2c1. The summed E-state index contributed by atoms with van der Waals surface area (Å²) in [4.78, 5) is 28.4. The first-order valence-electron chi connectivity index (χ1n) is 8.13. The number of nitro groups is 1. The van der Waals surface area contributed by atoms with Gasteiger partial charge in [-0.25, -0.2) is 0 Å². The summed E-state index contributed by atoms with van der Waals surface area (Å²) in [5, 5.41) is 12.1. The third-order valence-electron chi connectivity index (χ3n) is 4.74. The van der Waals surface area contributed by atoms with E-state index in [1.807, 2.05) is 26.0 Å². The quantitative estimate of drug-likeness (QED) is 0.570. The van der Waals surface area contributed by atoms with E-state index in [-0.39, 0.29) is 11.6 Å². The lowest BCUT2D eigenvalue weighted by atomic mass is 10.1. The minimum Gasteiger partial charge on any atom is -0.350 e. The second-order valence-electron chi connectivity index (χ2n) is 6.50. The summed E-state index contributed by atoms with van der Waals surface area (Å²) in [7, 11) is 0. The molecule has 2 heterocycles. The number of aromatic nitrogens is 1. The highest BCUT2D eigenvalue weighted by atomic mass is 16.6. The standard InChI is InChI=1S/C19H17N3O3/c1-11-7-12(2)15-10-17(20-16(15)8-11)19(23)21-6-5-13-3-4-14(22(24)25)9-18(13)21/h3-4,7-10,20H,5-6H2,1-2H3. The van der Waals surface area contributed by atoms with Gasteiger partial charge >= 0.3 is 0 Å². The van der Waals surface area contributed by atoms with Gasteiger partial charge in [0.25, 0.3) is 11.6 Å². The van der Waals surface area contributed by atoms with Crippen molar-refractivity contribution in [2.75, 3.05) is 11.4 Å². The summed E-state index contributed by atoms with van der Waals surface area (Å²) in [6.45, 7) is 4.57. The van der Waals surface area contributed by atoms with Gasteiger partial charge in [-0.05, 0) is 49.1 Å². The molecule has 1 amide bonds. The van der Waals surface area contributed by atoms with Gasteiger partial charge in [-0.3, -0.25) is 14.9 Å². The van der Waals surface area contributed by atoms with Crippen LogP contribution in [0.15, 0.2) is 36.4 Å². The van der Waals surface area contributed by atoms with Crippen molar-refractivity contribution in [1.82, 2.24) is 4.98 Å². The Kier molecular flexibility index (Phi) is 3.35. The summed E-state index contributed by atoms with van der Waals surface area (Å²) in [6.07, 6.45) is 0.706. The number of benzene rings is 2. The van der Waals surface area contributed by atoms with Crippen molar-refractivity contribution in [3.63, 3.8) is 0 Å². The van der Waals surface area contributed by atoms with Crippen molar-refractivity contribution in [2.24, 2.45) is 0 Å². The fourth-order valence-electron chi connectivity index (χ4n) is 3.55. The van der Waals surface area contributed by atoms with Gasteiger partial charge in [0.05, 0.1) is 10.6 Å². The summed E-state index contributed by atoms with van der Waals surface area (Å²) >= 11 is 0. The predicted octanol–water partition coefficient (Wildman–Crippen LogP) is 3.90. The fourth-order valence-corrected chi connectivity index (χ4v) is 3.55. The molecule has 1 aliphatic heterocycles. The maximum absolute atomic E-state index is 13.0. The van der Waals surface area contributed by atoms with Crippen LogP contribution in [0.4, 0.5) is 11.4 Å². The fraction of sp³-hybridized carbons (Fsp3) is 0.211. The normalized spacial score (nSPS) is 13.3. The summed E-state index contributed by atoms with van der Waals surface area (Å²) in [5.41, 5.74) is 5.27. The van der Waals surface area contributed by atoms with Gasteiger partial charge in [-0.2, -0.15) is 0 Å². The number of carbonyl (C=O) groups is 1. The molecule has 0 unspecified atom stereocenters. The first-order valence-corrected chi connectivity index (χ1v) is 8.13. The molecule has 1 aliphatic rings. The molecule has 0 saturated carbocycles. The third kappa shape index (κ3) is 2.46. The summed E-state index contributed by atoms with van der Waals surface area (Å²) in [6, 6.07) is 10.7. The number of anilines is 1. The van der Waals surface area contributed by atoms with E-state index in [2.05, 4.69) is 11.1 Å². The lowest BCUT2D eigenvalue weighted by molar-refractivity contribution is -0.384. The topological polar surface area (TPSA) is 79.2 Å². The number of H-pyrrole nitrogens is 1. The van der Waals surface area contributed by atoms with Gasteiger partial charge in [0.1, 0.15) is 5.69 Å². The largest absolute Gasteiger partial charge is 0.350 e. The Morgan fingerprint density at radius 1 is 1.20 bits per heavy atom. The van der Waals surface area contributed by atoms with Crippen LogP contribution in [0, 0.1) is 24.0 Å². The lowest BCUT2D eigenvalue weighted by Crippen LogP contribution is -2.29. The number of fused-ring (bicyclic) bond motifs is 2. The van der Waals surface area contributed by atoms with E-state index in [4.69, 9.17) is 0 Å². The van der Waals surface area contributed by atoms with Crippen molar-refractivity contribution >= 4 is 28.2 Å². The van der Waals surface area contributed by atoms with E-state index >= 15 is 0 Å². The zero-order chi connectivity index (χ0) is 17.7. The molecular weight excluding hydrogens is 318 g/mol. The Hall–Kier alpha value is -3.15. The maximum atomic E-state index is 13.0. The van der Waals surface area contributed by atoms with Crippen molar-refractivity contribution in [2.45, 2.75) is 20.3 Å². The van der Waals surface area contributed by atoms with Gasteiger partial charge in [-0.1, -0.05) is 12.1 Å². The molecule has 6 nitrogen and oxygen atoms in total. The van der Waals surface area contributed by atoms with Gasteiger partial charge in [0, 0.05) is 29.6 Å². The molecule has 0 aliphatic carbocycles. The number of nitrogens with zero attached hydrogens (tertiary/aromatic N) is 2. The molecule has 0 saturated heterocycles. The van der Waals surface area contributed by atoms with E-state index in [0.29, 0.717) is 24.3 Å². The minimum absolute atomic E-state index is 0.00145. The zero-order valence-electron chi connectivity index (χ0n) is 14.0. The van der Waals surface area contributed by atoms with Crippen LogP contribution >= 0.6 is 0 Å². The number of carbonyl (C=O) groups excluding carboxylic acids is 1. The van der Waals surface area contributed by atoms with Gasteiger partial charge in [-0.15, -0.1) is 0 Å². The Morgan fingerprint density at radius 3 is 2.76 bits per heavy atom. The number of rotatable bonds is 2. The van der Waals surface area contributed by atoms with E-state index in [1.54, 1.807) is 11.0 Å². The molecule has 1 N–H and O–H groups in total. The Bertz CT molecular complexity index is 1040. The van der Waals surface area contributed by atoms with Crippen LogP contribution in [0.1, 0.15) is 27.2 Å². The van der Waals surface area contributed by atoms with Crippen LogP contribution in [-0.2, 0) is 6.42 Å². The van der Waals surface area contributed by atoms with Crippen LogP contribution in [0.2, 0.25) is 0 Å². The minimum atomic E-state index is -0.434. The number of nitrogens with one attached hydrogen (secondary N) is 1. The second-order valence-corrected chi connectivity index (χ2v) is 6.50. The third-order valence-corrected chi connectivity index (χ3v) is 4.74. The Labute approximate surface area is 144 Å². The van der Waals surface area contributed by atoms with E-state index in [1.165, 1.54) is 12.1 Å². The molecule has 0 radical (unpaired) electrons. The lowest BCUT2D eigenvalue weighted by Gasteiger charge is -2.16. The van der Waals surface area contributed by atoms with Gasteiger partial charge in [0.2, 0.25) is 0 Å². The first-order chi connectivity index (χ1) is 11.9. The molecule has 3 aromatic rings. The van der Waals surface area contributed by atoms with Crippen LogP contribution in [0.25, 0.3) is 10.9 Å². The molecule has 25 heavy (non-hydrogen) atoms. The number of aromatic amines is 1. The Balaban J connectivity index is 1.75. The number of aryl methyl sites for hydroxylation is 2. The molecule has 4 rings (SSSR count). The smallest absolute Gasteiger partial charge is 0.274 e. The monoisotopic (exact) mass is 335 g/mol. The first kappa shape index (κ1) is 15.4. The number of amides is 1. The average molecular weight is 335 g/mol. The Morgan fingerprint density at radius 2 is 2.00 bits per heavy atom. The highest BCUT2D eigenvalue weighted by Crippen LogP contribution is 2.33. The molecule has 0 spiro atoms. The van der Waals surface area contributed by atoms with Crippen LogP contribution in [0.3, 0.4) is 0 Å². The molecule has 0 fully saturated rings. The van der Waals surface area contributed by atoms with Gasteiger partial charge in [0.15, 0.2) is 0 Å². The van der Waals surface area contributed by atoms with Crippen molar-refractivity contribution in [3.05, 3.63) is 68.9 Å². The van der Waals surface area contributed by atoms with Crippen molar-refractivity contribution < 1.29 is 9.72 Å². The molecule has 1 aromatic heterocycles. The van der Waals surface area contributed by atoms with Gasteiger partial charge < -0.3 is 9.88 Å².